The van der Waals surface area contributed by atoms with E-state index in [1.54, 1.807) is 0 Å². The molecule has 2 rings (SSSR count). The Morgan fingerprint density at radius 1 is 1.35 bits per heavy atom. The van der Waals surface area contributed by atoms with Crippen LogP contribution >= 0.6 is 11.3 Å². The van der Waals surface area contributed by atoms with Crippen LogP contribution in [0.25, 0.3) is 0 Å². The van der Waals surface area contributed by atoms with E-state index in [1.807, 2.05) is 11.3 Å². The van der Waals surface area contributed by atoms with E-state index in [-0.39, 0.29) is 0 Å². The van der Waals surface area contributed by atoms with E-state index < -0.39 is 0 Å². The third-order valence-electron chi connectivity index (χ3n) is 3.76. The molecule has 0 radical (unpaired) electrons. The van der Waals surface area contributed by atoms with Crippen LogP contribution in [0.1, 0.15) is 44.2 Å². The van der Waals surface area contributed by atoms with Gasteiger partial charge in [0.2, 0.25) is 0 Å². The highest BCUT2D eigenvalue weighted by Crippen LogP contribution is 2.28. The molecule has 1 atom stereocenters. The Hall–Kier alpha value is -0.650. The van der Waals surface area contributed by atoms with Crippen LogP contribution in [0.2, 0.25) is 0 Å². The lowest BCUT2D eigenvalue weighted by Crippen LogP contribution is -2.36. The Morgan fingerprint density at radius 3 is 2.75 bits per heavy atom. The van der Waals surface area contributed by atoms with Gasteiger partial charge in [-0.3, -0.25) is 0 Å². The van der Waals surface area contributed by atoms with E-state index in [2.05, 4.69) is 31.0 Å². The standard InChI is InChI=1S/C15H27N3OS/c1-4-6-13-14(11-16-12(3)5-2)20-15(17-13)18-7-9-19-10-8-18/h12,16H,4-11H2,1-3H3. The number of rotatable bonds is 7. The molecule has 114 valence electrons. The Balaban J connectivity index is 2.06. The van der Waals surface area contributed by atoms with E-state index in [4.69, 9.17) is 9.72 Å². The molecule has 1 saturated heterocycles. The number of hydrogen-bond donors (Lipinski definition) is 1. The molecule has 0 saturated carbocycles. The van der Waals surface area contributed by atoms with E-state index in [9.17, 15) is 0 Å². The molecule has 4 nitrogen and oxygen atoms in total. The topological polar surface area (TPSA) is 37.4 Å². The van der Waals surface area contributed by atoms with Crippen LogP contribution in [0.4, 0.5) is 5.13 Å². The lowest BCUT2D eigenvalue weighted by atomic mass is 10.2. The molecule has 20 heavy (non-hydrogen) atoms. The maximum Gasteiger partial charge on any atom is 0.185 e. The maximum absolute atomic E-state index is 5.42. The molecule has 0 aromatic carbocycles. The minimum Gasteiger partial charge on any atom is -0.378 e. The summed E-state index contributed by atoms with van der Waals surface area (Å²) in [5.74, 6) is 0. The normalized spacial score (nSPS) is 17.4. The minimum absolute atomic E-state index is 0.568. The molecule has 1 aromatic rings. The monoisotopic (exact) mass is 297 g/mol. The summed E-state index contributed by atoms with van der Waals surface area (Å²) >= 11 is 1.86. The summed E-state index contributed by atoms with van der Waals surface area (Å²) in [5, 5.41) is 4.77. The highest BCUT2D eigenvalue weighted by Gasteiger charge is 2.18. The fourth-order valence-corrected chi connectivity index (χ4v) is 3.35. The molecule has 1 aromatic heterocycles. The zero-order valence-electron chi connectivity index (χ0n) is 12.9. The van der Waals surface area contributed by atoms with Gasteiger partial charge in [0.15, 0.2) is 5.13 Å². The van der Waals surface area contributed by atoms with Crippen LogP contribution in [0.3, 0.4) is 0 Å². The Labute approximate surface area is 126 Å². The molecule has 0 amide bonds. The third-order valence-corrected chi connectivity index (χ3v) is 4.92. The zero-order chi connectivity index (χ0) is 14.4. The minimum atomic E-state index is 0.568. The average Bonchev–Trinajstić information content (AvgIpc) is 2.89. The number of ether oxygens (including phenoxy) is 1. The van der Waals surface area contributed by atoms with Gasteiger partial charge < -0.3 is 15.0 Å². The fraction of sp³-hybridized carbons (Fsp3) is 0.800. The van der Waals surface area contributed by atoms with Crippen molar-refractivity contribution >= 4 is 16.5 Å². The van der Waals surface area contributed by atoms with Crippen LogP contribution in [0, 0.1) is 0 Å². The summed E-state index contributed by atoms with van der Waals surface area (Å²) in [6.07, 6.45) is 3.40. The van der Waals surface area contributed by atoms with Gasteiger partial charge >= 0.3 is 0 Å². The number of morpholine rings is 1. The second-order valence-electron chi connectivity index (χ2n) is 5.41. The van der Waals surface area contributed by atoms with Crippen LogP contribution in [-0.2, 0) is 17.7 Å². The second kappa shape index (κ2) is 7.96. The number of anilines is 1. The van der Waals surface area contributed by atoms with E-state index in [0.717, 1.165) is 52.1 Å². The van der Waals surface area contributed by atoms with Crippen LogP contribution < -0.4 is 10.2 Å². The molecule has 1 aliphatic rings. The number of nitrogens with zero attached hydrogens (tertiary/aromatic N) is 2. The van der Waals surface area contributed by atoms with Crippen molar-refractivity contribution in [2.24, 2.45) is 0 Å². The van der Waals surface area contributed by atoms with Crippen molar-refractivity contribution in [1.29, 1.82) is 0 Å². The first-order chi connectivity index (χ1) is 9.74. The van der Waals surface area contributed by atoms with Crippen LogP contribution in [-0.4, -0.2) is 37.3 Å². The van der Waals surface area contributed by atoms with Gasteiger partial charge in [0.1, 0.15) is 0 Å². The van der Waals surface area contributed by atoms with Gasteiger partial charge in [0.05, 0.1) is 18.9 Å². The van der Waals surface area contributed by atoms with Gasteiger partial charge in [0, 0.05) is 30.6 Å². The number of aromatic nitrogens is 1. The lowest BCUT2D eigenvalue weighted by molar-refractivity contribution is 0.122. The highest BCUT2D eigenvalue weighted by atomic mass is 32.1. The molecule has 0 aliphatic carbocycles. The molecule has 5 heteroatoms. The molecule has 1 N–H and O–H groups in total. The molecule has 1 fully saturated rings. The maximum atomic E-state index is 5.42. The van der Waals surface area contributed by atoms with Crippen molar-refractivity contribution in [3.8, 4) is 0 Å². The Morgan fingerprint density at radius 2 is 2.10 bits per heavy atom. The molecule has 1 aliphatic heterocycles. The molecular weight excluding hydrogens is 270 g/mol. The van der Waals surface area contributed by atoms with Crippen LogP contribution in [0.15, 0.2) is 0 Å². The largest absolute Gasteiger partial charge is 0.378 e. The van der Waals surface area contributed by atoms with E-state index >= 15 is 0 Å². The van der Waals surface area contributed by atoms with Crippen LogP contribution in [0.5, 0.6) is 0 Å². The molecule has 0 spiro atoms. The predicted molar refractivity (Wildman–Crippen MR) is 85.7 cm³/mol. The summed E-state index contributed by atoms with van der Waals surface area (Å²) in [4.78, 5) is 8.65. The van der Waals surface area contributed by atoms with Crippen molar-refractivity contribution in [1.82, 2.24) is 10.3 Å². The highest BCUT2D eigenvalue weighted by molar-refractivity contribution is 7.15. The summed E-state index contributed by atoms with van der Waals surface area (Å²) in [6, 6.07) is 0.568. The third kappa shape index (κ3) is 4.17. The first kappa shape index (κ1) is 15.7. The van der Waals surface area contributed by atoms with Gasteiger partial charge in [-0.2, -0.15) is 0 Å². The van der Waals surface area contributed by atoms with Crippen molar-refractivity contribution in [2.75, 3.05) is 31.2 Å². The van der Waals surface area contributed by atoms with Crippen molar-refractivity contribution in [3.63, 3.8) is 0 Å². The molecule has 1 unspecified atom stereocenters. The SMILES string of the molecule is CCCc1nc(N2CCOCC2)sc1CNC(C)CC. The molecular formula is C15H27N3OS. The number of aryl methyl sites for hydroxylation is 1. The lowest BCUT2D eigenvalue weighted by Gasteiger charge is -2.26. The van der Waals surface area contributed by atoms with E-state index in [0.29, 0.717) is 6.04 Å². The van der Waals surface area contributed by atoms with Crippen molar-refractivity contribution in [2.45, 2.75) is 52.6 Å². The van der Waals surface area contributed by atoms with Gasteiger partial charge in [-0.25, -0.2) is 4.98 Å². The van der Waals surface area contributed by atoms with Crippen molar-refractivity contribution < 1.29 is 4.74 Å². The summed E-state index contributed by atoms with van der Waals surface area (Å²) in [6.45, 7) is 11.2. The second-order valence-corrected chi connectivity index (χ2v) is 6.47. The molecule has 2 heterocycles. The summed E-state index contributed by atoms with van der Waals surface area (Å²) in [7, 11) is 0. The van der Waals surface area contributed by atoms with Gasteiger partial charge in [0.25, 0.3) is 0 Å². The average molecular weight is 297 g/mol. The number of thiazole rings is 1. The smallest absolute Gasteiger partial charge is 0.185 e. The summed E-state index contributed by atoms with van der Waals surface area (Å²) in [5.41, 5.74) is 1.29. The number of nitrogens with one attached hydrogen (secondary N) is 1. The summed E-state index contributed by atoms with van der Waals surface area (Å²) < 4.78 is 5.42. The van der Waals surface area contributed by atoms with Gasteiger partial charge in [-0.1, -0.05) is 20.3 Å². The Kier molecular flexibility index (Phi) is 6.26. The fourth-order valence-electron chi connectivity index (χ4n) is 2.24. The first-order valence-corrected chi connectivity index (χ1v) is 8.60. The van der Waals surface area contributed by atoms with Crippen molar-refractivity contribution in [3.05, 3.63) is 10.6 Å². The zero-order valence-corrected chi connectivity index (χ0v) is 13.8. The van der Waals surface area contributed by atoms with Gasteiger partial charge in [-0.15, -0.1) is 11.3 Å². The molecule has 0 bridgehead atoms. The number of hydrogen-bond acceptors (Lipinski definition) is 5. The Bertz CT molecular complexity index is 402. The first-order valence-electron chi connectivity index (χ1n) is 7.79. The predicted octanol–water partition coefficient (Wildman–Crippen LogP) is 2.82. The quantitative estimate of drug-likeness (QED) is 0.840. The van der Waals surface area contributed by atoms with E-state index in [1.165, 1.54) is 15.7 Å². The van der Waals surface area contributed by atoms with Gasteiger partial charge in [-0.05, 0) is 19.8 Å².